The molecule has 3 N–H and O–H groups in total. The van der Waals surface area contributed by atoms with Crippen molar-refractivity contribution in [3.63, 3.8) is 0 Å². The summed E-state index contributed by atoms with van der Waals surface area (Å²) in [6.45, 7) is 2.53. The molecule has 0 aromatic heterocycles. The fourth-order valence-electron chi connectivity index (χ4n) is 4.15. The lowest BCUT2D eigenvalue weighted by molar-refractivity contribution is -0.132. The molecule has 1 aliphatic rings. The number of carbonyl (C=O) groups is 2. The van der Waals surface area contributed by atoms with Gasteiger partial charge in [-0.25, -0.2) is 0 Å². The minimum Gasteiger partial charge on any atom is -0.394 e. The monoisotopic (exact) mass is 410 g/mol. The maximum absolute atomic E-state index is 12.3. The second kappa shape index (κ2) is 17.7. The Kier molecular flexibility index (Phi) is 15.9. The van der Waals surface area contributed by atoms with E-state index in [0.717, 1.165) is 38.5 Å². The van der Waals surface area contributed by atoms with Crippen LogP contribution in [0, 0.1) is 5.92 Å². The molecule has 5 nitrogen and oxygen atoms in total. The molecule has 5 heteroatoms. The highest BCUT2D eigenvalue weighted by Crippen LogP contribution is 2.23. The number of nitrogens with one attached hydrogen (secondary N) is 2. The number of carbonyl (C=O) groups excluding carboxylic acids is 2. The summed E-state index contributed by atoms with van der Waals surface area (Å²) in [5, 5.41) is 15.1. The second-order valence-corrected chi connectivity index (χ2v) is 8.76. The van der Waals surface area contributed by atoms with Crippen LogP contribution in [-0.4, -0.2) is 36.1 Å². The molecule has 170 valence electrons. The summed E-state index contributed by atoms with van der Waals surface area (Å²) in [7, 11) is 0. The normalized spacial score (nSPS) is 15.8. The first-order chi connectivity index (χ1) is 14.2. The molecule has 1 unspecified atom stereocenters. The van der Waals surface area contributed by atoms with Crippen LogP contribution in [0.4, 0.5) is 0 Å². The number of aliphatic hydroxyl groups excluding tert-OH is 1. The van der Waals surface area contributed by atoms with Crippen molar-refractivity contribution in [2.45, 2.75) is 122 Å². The van der Waals surface area contributed by atoms with Crippen molar-refractivity contribution in [2.24, 2.45) is 5.92 Å². The maximum atomic E-state index is 12.3. The van der Waals surface area contributed by atoms with E-state index >= 15 is 0 Å². The Morgan fingerprint density at radius 1 is 0.828 bits per heavy atom. The number of hydrogen-bond donors (Lipinski definition) is 3. The van der Waals surface area contributed by atoms with Gasteiger partial charge >= 0.3 is 0 Å². The van der Waals surface area contributed by atoms with Crippen molar-refractivity contribution in [1.29, 1.82) is 0 Å². The first kappa shape index (κ1) is 25.9. The number of hydrogen-bond acceptors (Lipinski definition) is 3. The van der Waals surface area contributed by atoms with Crippen LogP contribution in [0.1, 0.15) is 116 Å². The van der Waals surface area contributed by atoms with Crippen LogP contribution in [0.2, 0.25) is 0 Å². The maximum Gasteiger partial charge on any atom is 0.244 e. The molecule has 0 aromatic rings. The predicted octanol–water partition coefficient (Wildman–Crippen LogP) is 4.86. The third kappa shape index (κ3) is 12.9. The standard InChI is InChI=1S/C24H46N2O3/c1-2-3-4-5-6-7-8-9-10-11-12-16-19-25-24(29)22(20-27)26-23(28)21-17-14-13-15-18-21/h21-22,27H,2-20H2,1H3,(H,25,29)(H,26,28). The van der Waals surface area contributed by atoms with E-state index in [1.165, 1.54) is 70.6 Å². The average molecular weight is 411 g/mol. The number of amides is 2. The van der Waals surface area contributed by atoms with E-state index < -0.39 is 6.04 Å². The van der Waals surface area contributed by atoms with Gasteiger partial charge in [0.2, 0.25) is 11.8 Å². The molecule has 1 rings (SSSR count). The highest BCUT2D eigenvalue weighted by molar-refractivity contribution is 5.88. The zero-order chi connectivity index (χ0) is 21.2. The summed E-state index contributed by atoms with van der Waals surface area (Å²) in [5.74, 6) is -0.342. The van der Waals surface area contributed by atoms with Crippen molar-refractivity contribution in [2.75, 3.05) is 13.2 Å². The molecule has 2 amide bonds. The van der Waals surface area contributed by atoms with E-state index in [4.69, 9.17) is 0 Å². The van der Waals surface area contributed by atoms with Gasteiger partial charge in [0.05, 0.1) is 6.61 Å². The molecule has 1 atom stereocenters. The largest absolute Gasteiger partial charge is 0.394 e. The molecular formula is C24H46N2O3. The van der Waals surface area contributed by atoms with E-state index in [1.54, 1.807) is 0 Å². The van der Waals surface area contributed by atoms with Gasteiger partial charge in [0.1, 0.15) is 6.04 Å². The van der Waals surface area contributed by atoms with Crippen LogP contribution in [0.3, 0.4) is 0 Å². The lowest BCUT2D eigenvalue weighted by atomic mass is 9.88. The summed E-state index contributed by atoms with van der Waals surface area (Å²) in [4.78, 5) is 24.5. The lowest BCUT2D eigenvalue weighted by Crippen LogP contribution is -2.50. The molecule has 1 fully saturated rings. The summed E-state index contributed by atoms with van der Waals surface area (Å²) >= 11 is 0. The fourth-order valence-corrected chi connectivity index (χ4v) is 4.15. The van der Waals surface area contributed by atoms with Crippen LogP contribution < -0.4 is 10.6 Å². The molecule has 0 aliphatic heterocycles. The molecule has 1 saturated carbocycles. The third-order valence-electron chi connectivity index (χ3n) is 6.12. The summed E-state index contributed by atoms with van der Waals surface area (Å²) < 4.78 is 0. The minimum absolute atomic E-state index is 0.00180. The molecule has 0 saturated heterocycles. The van der Waals surface area contributed by atoms with E-state index in [1.807, 2.05) is 0 Å². The minimum atomic E-state index is -0.818. The molecule has 0 bridgehead atoms. The molecule has 0 spiro atoms. The van der Waals surface area contributed by atoms with E-state index in [9.17, 15) is 14.7 Å². The summed E-state index contributed by atoms with van der Waals surface area (Å²) in [6.07, 6.45) is 20.6. The second-order valence-electron chi connectivity index (χ2n) is 8.76. The lowest BCUT2D eigenvalue weighted by Gasteiger charge is -2.23. The third-order valence-corrected chi connectivity index (χ3v) is 6.12. The number of aliphatic hydroxyl groups is 1. The van der Waals surface area contributed by atoms with Crippen molar-refractivity contribution >= 4 is 11.8 Å². The topological polar surface area (TPSA) is 78.4 Å². The molecule has 0 radical (unpaired) electrons. The molecule has 29 heavy (non-hydrogen) atoms. The summed E-state index contributed by atoms with van der Waals surface area (Å²) in [5.41, 5.74) is 0. The van der Waals surface area contributed by atoms with Gasteiger partial charge in [0, 0.05) is 12.5 Å². The predicted molar refractivity (Wildman–Crippen MR) is 120 cm³/mol. The highest BCUT2D eigenvalue weighted by atomic mass is 16.3. The van der Waals surface area contributed by atoms with Gasteiger partial charge in [-0.15, -0.1) is 0 Å². The quantitative estimate of drug-likeness (QED) is 0.300. The van der Waals surface area contributed by atoms with Crippen LogP contribution >= 0.6 is 0 Å². The van der Waals surface area contributed by atoms with Gasteiger partial charge in [-0.1, -0.05) is 96.8 Å². The molecule has 0 heterocycles. The zero-order valence-electron chi connectivity index (χ0n) is 18.9. The first-order valence-corrected chi connectivity index (χ1v) is 12.4. The first-order valence-electron chi connectivity index (χ1n) is 12.4. The Morgan fingerprint density at radius 2 is 1.34 bits per heavy atom. The van der Waals surface area contributed by atoms with Crippen LogP contribution in [0.15, 0.2) is 0 Å². The van der Waals surface area contributed by atoms with Crippen LogP contribution in [-0.2, 0) is 9.59 Å². The van der Waals surface area contributed by atoms with Crippen LogP contribution in [0.5, 0.6) is 0 Å². The van der Waals surface area contributed by atoms with Crippen LogP contribution in [0.25, 0.3) is 0 Å². The Labute approximate surface area is 178 Å². The Bertz CT molecular complexity index is 422. The Hall–Kier alpha value is -1.10. The van der Waals surface area contributed by atoms with Gasteiger partial charge in [0.15, 0.2) is 0 Å². The molecule has 1 aliphatic carbocycles. The number of rotatable bonds is 17. The van der Waals surface area contributed by atoms with E-state index in [0.29, 0.717) is 6.54 Å². The van der Waals surface area contributed by atoms with Gasteiger partial charge in [-0.3, -0.25) is 9.59 Å². The molecular weight excluding hydrogens is 364 g/mol. The van der Waals surface area contributed by atoms with Gasteiger partial charge in [-0.2, -0.15) is 0 Å². The Balaban J connectivity index is 1.98. The average Bonchev–Trinajstić information content (AvgIpc) is 2.75. The molecule has 0 aromatic carbocycles. The van der Waals surface area contributed by atoms with E-state index in [-0.39, 0.29) is 24.3 Å². The van der Waals surface area contributed by atoms with Gasteiger partial charge < -0.3 is 15.7 Å². The van der Waals surface area contributed by atoms with Gasteiger partial charge in [-0.05, 0) is 19.3 Å². The Morgan fingerprint density at radius 3 is 1.86 bits per heavy atom. The van der Waals surface area contributed by atoms with Gasteiger partial charge in [0.25, 0.3) is 0 Å². The van der Waals surface area contributed by atoms with Crippen molar-refractivity contribution < 1.29 is 14.7 Å². The van der Waals surface area contributed by atoms with E-state index in [2.05, 4.69) is 17.6 Å². The number of unbranched alkanes of at least 4 members (excludes halogenated alkanes) is 11. The van der Waals surface area contributed by atoms with Crippen molar-refractivity contribution in [3.8, 4) is 0 Å². The smallest absolute Gasteiger partial charge is 0.244 e. The van der Waals surface area contributed by atoms with Crippen molar-refractivity contribution in [3.05, 3.63) is 0 Å². The zero-order valence-corrected chi connectivity index (χ0v) is 18.9. The SMILES string of the molecule is CCCCCCCCCCCCCCNC(=O)C(CO)NC(=O)C1CCCCC1. The summed E-state index contributed by atoms with van der Waals surface area (Å²) in [6, 6.07) is -0.818. The van der Waals surface area contributed by atoms with Crippen molar-refractivity contribution in [1.82, 2.24) is 10.6 Å². The fraction of sp³-hybridized carbons (Fsp3) is 0.917. The highest BCUT2D eigenvalue weighted by Gasteiger charge is 2.26.